The molecule has 0 aromatic heterocycles. The largest absolute Gasteiger partial charge is 0.496 e. The summed E-state index contributed by atoms with van der Waals surface area (Å²) >= 11 is 0. The van der Waals surface area contributed by atoms with E-state index >= 15 is 0 Å². The summed E-state index contributed by atoms with van der Waals surface area (Å²) in [4.78, 5) is 12.6. The lowest BCUT2D eigenvalue weighted by Gasteiger charge is -2.63. The standard InChI is InChI=1S/C32H48O6/c1-19(9-12-29(36)38-18-20-7-5-6-8-27(20)37-4)23-10-11-24-30-25(17-28(35)32(23,24)3)31(2)14-13-22(33)15-21(31)16-26(30)34/h5-8,19,21-26,28,30,33-35H,9-18H2,1-4H3/t19-,21+,22-,23-,24+,25+,26-,28+,30+,31+,32-/m1/s1. The molecule has 3 N–H and O–H groups in total. The first kappa shape index (κ1) is 27.9. The second-order valence-corrected chi connectivity index (χ2v) is 13.5. The highest BCUT2D eigenvalue weighted by molar-refractivity contribution is 5.69. The lowest BCUT2D eigenvalue weighted by atomic mass is 9.43. The molecule has 4 aliphatic rings. The summed E-state index contributed by atoms with van der Waals surface area (Å²) in [5.74, 6) is 2.25. The van der Waals surface area contributed by atoms with Crippen LogP contribution in [-0.4, -0.2) is 46.7 Å². The van der Waals surface area contributed by atoms with Crippen LogP contribution in [0.25, 0.3) is 0 Å². The number of aliphatic hydroxyl groups is 3. The number of ether oxygens (including phenoxy) is 2. The second kappa shape index (κ2) is 10.7. The van der Waals surface area contributed by atoms with Crippen LogP contribution in [0.1, 0.15) is 84.1 Å². The molecule has 6 heteroatoms. The Kier molecular flexibility index (Phi) is 7.89. The zero-order valence-corrected chi connectivity index (χ0v) is 23.6. The highest BCUT2D eigenvalue weighted by Crippen LogP contribution is 2.68. The fourth-order valence-corrected chi connectivity index (χ4v) is 9.73. The second-order valence-electron chi connectivity index (χ2n) is 13.5. The molecule has 4 saturated carbocycles. The summed E-state index contributed by atoms with van der Waals surface area (Å²) in [5, 5.41) is 33.5. The van der Waals surface area contributed by atoms with Crippen molar-refractivity contribution >= 4 is 5.97 Å². The first-order chi connectivity index (χ1) is 18.1. The van der Waals surface area contributed by atoms with Crippen LogP contribution >= 0.6 is 0 Å². The van der Waals surface area contributed by atoms with Crippen LogP contribution in [0, 0.1) is 46.3 Å². The molecule has 0 amide bonds. The molecule has 38 heavy (non-hydrogen) atoms. The van der Waals surface area contributed by atoms with Crippen LogP contribution in [0.4, 0.5) is 0 Å². The monoisotopic (exact) mass is 528 g/mol. The number of rotatable bonds is 7. The maximum Gasteiger partial charge on any atom is 0.306 e. The van der Waals surface area contributed by atoms with Crippen molar-refractivity contribution in [3.8, 4) is 5.75 Å². The van der Waals surface area contributed by atoms with E-state index in [1.165, 1.54) is 0 Å². The maximum atomic E-state index is 12.6. The summed E-state index contributed by atoms with van der Waals surface area (Å²) in [6.45, 7) is 7.06. The lowest BCUT2D eigenvalue weighted by molar-refractivity contribution is -0.207. The van der Waals surface area contributed by atoms with E-state index in [-0.39, 0.29) is 47.4 Å². The number of esters is 1. The number of hydrogen-bond acceptors (Lipinski definition) is 6. The van der Waals surface area contributed by atoms with Crippen molar-refractivity contribution in [1.82, 2.24) is 0 Å². The fraction of sp³-hybridized carbons (Fsp3) is 0.781. The van der Waals surface area contributed by atoms with Crippen molar-refractivity contribution < 1.29 is 29.6 Å². The molecule has 4 fully saturated rings. The molecule has 0 heterocycles. The third-order valence-corrected chi connectivity index (χ3v) is 11.9. The maximum absolute atomic E-state index is 12.6. The highest BCUT2D eigenvalue weighted by Gasteiger charge is 2.65. The summed E-state index contributed by atoms with van der Waals surface area (Å²) in [6, 6.07) is 7.58. The first-order valence-corrected chi connectivity index (χ1v) is 14.9. The number of aliphatic hydroxyl groups excluding tert-OH is 3. The van der Waals surface area contributed by atoms with Gasteiger partial charge in [0.1, 0.15) is 12.4 Å². The molecule has 0 radical (unpaired) electrons. The minimum absolute atomic E-state index is 0.0837. The van der Waals surface area contributed by atoms with Gasteiger partial charge >= 0.3 is 5.97 Å². The Labute approximate surface area is 228 Å². The molecule has 6 nitrogen and oxygen atoms in total. The Bertz CT molecular complexity index is 996. The van der Waals surface area contributed by atoms with E-state index in [9.17, 15) is 20.1 Å². The molecule has 0 unspecified atom stereocenters. The molecule has 11 atom stereocenters. The average molecular weight is 529 g/mol. The van der Waals surface area contributed by atoms with Gasteiger partial charge in [0.2, 0.25) is 0 Å². The van der Waals surface area contributed by atoms with Crippen LogP contribution in [0.3, 0.4) is 0 Å². The van der Waals surface area contributed by atoms with Crippen LogP contribution < -0.4 is 4.74 Å². The number of fused-ring (bicyclic) bond motifs is 5. The molecule has 0 aliphatic heterocycles. The Balaban J connectivity index is 1.23. The molecular weight excluding hydrogens is 480 g/mol. The van der Waals surface area contributed by atoms with E-state index in [1.54, 1.807) is 7.11 Å². The Morgan fingerprint density at radius 1 is 1.05 bits per heavy atom. The number of methoxy groups -OCH3 is 1. The van der Waals surface area contributed by atoms with Crippen LogP contribution in [0.2, 0.25) is 0 Å². The summed E-state index contributed by atoms with van der Waals surface area (Å²) in [6.07, 6.45) is 6.24. The molecule has 5 rings (SSSR count). The average Bonchev–Trinajstić information content (AvgIpc) is 3.26. The van der Waals surface area contributed by atoms with Gasteiger partial charge in [0, 0.05) is 12.0 Å². The van der Waals surface area contributed by atoms with Crippen molar-refractivity contribution in [1.29, 1.82) is 0 Å². The molecule has 212 valence electrons. The molecule has 0 bridgehead atoms. The SMILES string of the molecule is COc1ccccc1COC(=O)CC[C@@H](C)[C@H]1CC[C@H]2[C@@H]3[C@H](O)C[C@@H]4C[C@H](O)CC[C@]4(C)[C@H]3C[C@H](O)[C@]12C. The minimum Gasteiger partial charge on any atom is -0.496 e. The summed E-state index contributed by atoms with van der Waals surface area (Å²) in [5.41, 5.74) is 0.692. The summed E-state index contributed by atoms with van der Waals surface area (Å²) < 4.78 is 10.9. The zero-order valence-electron chi connectivity index (χ0n) is 23.6. The van der Waals surface area contributed by atoms with Gasteiger partial charge in [-0.3, -0.25) is 4.79 Å². The van der Waals surface area contributed by atoms with E-state index in [2.05, 4.69) is 20.8 Å². The predicted molar refractivity (Wildman–Crippen MR) is 145 cm³/mol. The lowest BCUT2D eigenvalue weighted by Crippen LogP contribution is -2.62. The van der Waals surface area contributed by atoms with Crippen molar-refractivity contribution in [2.75, 3.05) is 7.11 Å². The van der Waals surface area contributed by atoms with Crippen LogP contribution in [0.5, 0.6) is 5.75 Å². The van der Waals surface area contributed by atoms with Gasteiger partial charge in [0.15, 0.2) is 0 Å². The fourth-order valence-electron chi connectivity index (χ4n) is 9.73. The number of carbonyl (C=O) groups is 1. The Morgan fingerprint density at radius 2 is 1.82 bits per heavy atom. The van der Waals surface area contributed by atoms with Crippen molar-refractivity contribution in [3.05, 3.63) is 29.8 Å². The molecule has 1 aromatic carbocycles. The van der Waals surface area contributed by atoms with E-state index in [0.29, 0.717) is 30.1 Å². The number of carbonyl (C=O) groups excluding carboxylic acids is 1. The van der Waals surface area contributed by atoms with Crippen molar-refractivity contribution in [2.24, 2.45) is 46.3 Å². The Hall–Kier alpha value is -1.63. The highest BCUT2D eigenvalue weighted by atomic mass is 16.5. The van der Waals surface area contributed by atoms with Gasteiger partial charge in [-0.05, 0) is 104 Å². The minimum atomic E-state index is -0.407. The van der Waals surface area contributed by atoms with Gasteiger partial charge < -0.3 is 24.8 Å². The van der Waals surface area contributed by atoms with Crippen molar-refractivity contribution in [2.45, 2.75) is 103 Å². The molecule has 0 saturated heterocycles. The van der Waals surface area contributed by atoms with Gasteiger partial charge in [-0.25, -0.2) is 0 Å². The van der Waals surface area contributed by atoms with E-state index in [1.807, 2.05) is 24.3 Å². The topological polar surface area (TPSA) is 96.2 Å². The van der Waals surface area contributed by atoms with Gasteiger partial charge in [-0.15, -0.1) is 0 Å². The van der Waals surface area contributed by atoms with Crippen LogP contribution in [-0.2, 0) is 16.1 Å². The zero-order chi connectivity index (χ0) is 27.2. The molecule has 1 aromatic rings. The van der Waals surface area contributed by atoms with Crippen molar-refractivity contribution in [3.63, 3.8) is 0 Å². The third-order valence-electron chi connectivity index (χ3n) is 11.9. The van der Waals surface area contributed by atoms with E-state index in [4.69, 9.17) is 9.47 Å². The molecular formula is C32H48O6. The molecule has 4 aliphatic carbocycles. The predicted octanol–water partition coefficient (Wildman–Crippen LogP) is 5.12. The van der Waals surface area contributed by atoms with Crippen LogP contribution in [0.15, 0.2) is 24.3 Å². The quantitative estimate of drug-likeness (QED) is 0.426. The van der Waals surface area contributed by atoms with Gasteiger partial charge in [0.25, 0.3) is 0 Å². The normalized spacial score (nSPS) is 42.9. The molecule has 0 spiro atoms. The van der Waals surface area contributed by atoms with Gasteiger partial charge in [-0.2, -0.15) is 0 Å². The van der Waals surface area contributed by atoms with E-state index < -0.39 is 6.10 Å². The first-order valence-electron chi connectivity index (χ1n) is 14.9. The number of benzene rings is 1. The Morgan fingerprint density at radius 3 is 2.58 bits per heavy atom. The summed E-state index contributed by atoms with van der Waals surface area (Å²) in [7, 11) is 1.62. The van der Waals surface area contributed by atoms with E-state index in [0.717, 1.165) is 62.7 Å². The third kappa shape index (κ3) is 4.69. The number of para-hydroxylation sites is 1. The van der Waals surface area contributed by atoms with Gasteiger partial charge in [0.05, 0.1) is 25.4 Å². The van der Waals surface area contributed by atoms with Gasteiger partial charge in [-0.1, -0.05) is 39.0 Å². The smallest absolute Gasteiger partial charge is 0.306 e. The number of hydrogen-bond donors (Lipinski definition) is 3.